The number of carbonyl (C=O) groups excluding carboxylic acids is 1. The Morgan fingerprint density at radius 1 is 0.737 bits per heavy atom. The van der Waals surface area contributed by atoms with Crippen LogP contribution in [-0.2, 0) is 43.6 Å². The minimum Gasteiger partial charge on any atom is -0.378 e. The zero-order valence-corrected chi connectivity index (χ0v) is 22.1. The fourth-order valence-electron chi connectivity index (χ4n) is 5.70. The molecule has 2 fully saturated rings. The third kappa shape index (κ3) is 5.84. The van der Waals surface area contributed by atoms with Crippen LogP contribution in [0, 0.1) is 5.92 Å². The largest absolute Gasteiger partial charge is 0.378 e. The zero-order chi connectivity index (χ0) is 26.3. The summed E-state index contributed by atoms with van der Waals surface area (Å²) in [5.41, 5.74) is 3.27. The molecule has 2 heterocycles. The second kappa shape index (κ2) is 12.7. The van der Waals surface area contributed by atoms with Crippen LogP contribution in [-0.4, -0.2) is 54.4 Å². The molecule has 1 amide bonds. The lowest BCUT2D eigenvalue weighted by molar-refractivity contribution is -0.174. The van der Waals surface area contributed by atoms with Crippen molar-refractivity contribution in [1.29, 1.82) is 0 Å². The first kappa shape index (κ1) is 26.6. The van der Waals surface area contributed by atoms with Crippen LogP contribution in [0.25, 0.3) is 0 Å². The molecule has 2 aliphatic rings. The maximum Gasteiger partial charge on any atom is 0.231 e. The summed E-state index contributed by atoms with van der Waals surface area (Å²) in [7, 11) is 0. The van der Waals surface area contributed by atoms with E-state index in [1.54, 1.807) is 0 Å². The van der Waals surface area contributed by atoms with Crippen LogP contribution >= 0.6 is 0 Å². The summed E-state index contributed by atoms with van der Waals surface area (Å²) in [5, 5.41) is 0. The highest BCUT2D eigenvalue weighted by molar-refractivity contribution is 5.88. The summed E-state index contributed by atoms with van der Waals surface area (Å²) < 4.78 is 25.3. The lowest BCUT2D eigenvalue weighted by atomic mass is 9.82. The van der Waals surface area contributed by atoms with Crippen molar-refractivity contribution in [1.82, 2.24) is 4.90 Å². The van der Waals surface area contributed by atoms with Crippen molar-refractivity contribution in [3.8, 4) is 0 Å². The van der Waals surface area contributed by atoms with Crippen LogP contribution in [0.2, 0.25) is 0 Å². The number of fused-ring (bicyclic) bond motifs is 1. The van der Waals surface area contributed by atoms with Gasteiger partial charge in [-0.3, -0.25) is 4.79 Å². The lowest BCUT2D eigenvalue weighted by Gasteiger charge is -2.48. The smallest absolute Gasteiger partial charge is 0.231 e. The third-order valence-corrected chi connectivity index (χ3v) is 7.53. The minimum absolute atomic E-state index is 0.0865. The predicted molar refractivity (Wildman–Crippen MR) is 145 cm³/mol. The molecule has 2 aliphatic heterocycles. The Kier molecular flexibility index (Phi) is 8.86. The van der Waals surface area contributed by atoms with Gasteiger partial charge < -0.3 is 23.8 Å². The number of amides is 1. The summed E-state index contributed by atoms with van der Waals surface area (Å²) in [4.78, 5) is 15.5. The Morgan fingerprint density at radius 2 is 1.24 bits per heavy atom. The van der Waals surface area contributed by atoms with Crippen LogP contribution in [0.1, 0.15) is 30.5 Å². The molecule has 0 spiro atoms. The molecule has 0 bridgehead atoms. The van der Waals surface area contributed by atoms with Gasteiger partial charge in [-0.2, -0.15) is 0 Å². The van der Waals surface area contributed by atoms with E-state index >= 15 is 0 Å². The number of β-lactam (4-membered cyclic amide) rings is 1. The second-order valence-electron chi connectivity index (χ2n) is 10.0. The average Bonchev–Trinajstić information content (AvgIpc) is 3.21. The molecule has 3 aromatic rings. The van der Waals surface area contributed by atoms with E-state index in [1.165, 1.54) is 0 Å². The van der Waals surface area contributed by atoms with E-state index in [9.17, 15) is 4.79 Å². The van der Waals surface area contributed by atoms with E-state index < -0.39 is 0 Å². The molecular formula is C32H37NO5. The van der Waals surface area contributed by atoms with Crippen LogP contribution in [0.4, 0.5) is 0 Å². The van der Waals surface area contributed by atoms with Gasteiger partial charge in [-0.1, -0.05) is 91.0 Å². The van der Waals surface area contributed by atoms with Gasteiger partial charge in [0, 0.05) is 6.61 Å². The quantitative estimate of drug-likeness (QED) is 0.300. The first-order valence-corrected chi connectivity index (χ1v) is 13.5. The number of carbonyl (C=O) groups is 1. The number of ether oxygens (including phenoxy) is 4. The highest BCUT2D eigenvalue weighted by Gasteiger charge is 2.65. The maximum atomic E-state index is 13.5. The first-order valence-electron chi connectivity index (χ1n) is 13.5. The van der Waals surface area contributed by atoms with Gasteiger partial charge in [0.1, 0.15) is 12.2 Å². The highest BCUT2D eigenvalue weighted by Crippen LogP contribution is 2.45. The Labute approximate surface area is 225 Å². The van der Waals surface area contributed by atoms with Crippen LogP contribution in [0.3, 0.4) is 0 Å². The standard InChI is InChI=1S/C32H37NO5/c1-3-36-23(2)28-29-31(38-21-26-17-11-6-12-18-26)30(37-20-25-15-9-5-10-16-25)27(33(29)32(28)34)22-35-19-24-13-7-4-8-14-24/h4-18,23,27-31H,3,19-22H2,1-2H3/t23?,27-,28-,29-,30-,31-/m0/s1. The number of rotatable bonds is 13. The molecule has 6 nitrogen and oxygen atoms in total. The Morgan fingerprint density at radius 3 is 1.76 bits per heavy atom. The summed E-state index contributed by atoms with van der Waals surface area (Å²) in [6.45, 7) is 6.24. The number of benzene rings is 3. The van der Waals surface area contributed by atoms with E-state index in [4.69, 9.17) is 18.9 Å². The van der Waals surface area contributed by atoms with Gasteiger partial charge in [0.25, 0.3) is 0 Å². The molecular weight excluding hydrogens is 478 g/mol. The molecule has 1 unspecified atom stereocenters. The van der Waals surface area contributed by atoms with Crippen molar-refractivity contribution < 1.29 is 23.7 Å². The molecule has 3 aromatic carbocycles. The normalized spacial score (nSPS) is 25.2. The van der Waals surface area contributed by atoms with Crippen molar-refractivity contribution in [3.63, 3.8) is 0 Å². The molecule has 6 heteroatoms. The molecule has 0 aromatic heterocycles. The van der Waals surface area contributed by atoms with E-state index in [2.05, 4.69) is 24.3 Å². The molecule has 0 radical (unpaired) electrons. The number of nitrogens with zero attached hydrogens (tertiary/aromatic N) is 1. The zero-order valence-electron chi connectivity index (χ0n) is 22.1. The van der Waals surface area contributed by atoms with Gasteiger partial charge in [0.2, 0.25) is 5.91 Å². The monoisotopic (exact) mass is 515 g/mol. The van der Waals surface area contributed by atoms with Gasteiger partial charge in [-0.15, -0.1) is 0 Å². The van der Waals surface area contributed by atoms with E-state index in [-0.39, 0.29) is 42.2 Å². The highest BCUT2D eigenvalue weighted by atomic mass is 16.5. The topological polar surface area (TPSA) is 57.2 Å². The van der Waals surface area contributed by atoms with Crippen molar-refractivity contribution >= 4 is 5.91 Å². The molecule has 0 aliphatic carbocycles. The number of hydrogen-bond donors (Lipinski definition) is 0. The van der Waals surface area contributed by atoms with E-state index in [0.29, 0.717) is 33.0 Å². The summed E-state index contributed by atoms with van der Waals surface area (Å²) in [5.74, 6) is -0.180. The lowest BCUT2D eigenvalue weighted by Crippen LogP contribution is -2.66. The van der Waals surface area contributed by atoms with Crippen molar-refractivity contribution in [2.75, 3.05) is 13.2 Å². The van der Waals surface area contributed by atoms with Crippen LogP contribution in [0.5, 0.6) is 0 Å². The molecule has 0 saturated carbocycles. The summed E-state index contributed by atoms with van der Waals surface area (Å²) >= 11 is 0. The summed E-state index contributed by atoms with van der Waals surface area (Å²) in [6.07, 6.45) is -0.826. The van der Waals surface area contributed by atoms with Gasteiger partial charge in [-0.05, 0) is 30.5 Å². The molecule has 6 atom stereocenters. The molecule has 5 rings (SSSR count). The van der Waals surface area contributed by atoms with Crippen molar-refractivity contribution in [3.05, 3.63) is 108 Å². The Hall–Kier alpha value is -3.03. The van der Waals surface area contributed by atoms with Crippen molar-refractivity contribution in [2.24, 2.45) is 5.92 Å². The van der Waals surface area contributed by atoms with Gasteiger partial charge in [-0.25, -0.2) is 0 Å². The van der Waals surface area contributed by atoms with Crippen LogP contribution in [0.15, 0.2) is 91.0 Å². The first-order chi connectivity index (χ1) is 18.7. The molecule has 0 N–H and O–H groups in total. The molecule has 38 heavy (non-hydrogen) atoms. The predicted octanol–water partition coefficient (Wildman–Crippen LogP) is 5.01. The van der Waals surface area contributed by atoms with Crippen LogP contribution < -0.4 is 0 Å². The van der Waals surface area contributed by atoms with Crippen molar-refractivity contribution in [2.45, 2.75) is 64.1 Å². The van der Waals surface area contributed by atoms with E-state index in [1.807, 2.05) is 85.5 Å². The van der Waals surface area contributed by atoms with Gasteiger partial charge >= 0.3 is 0 Å². The fraction of sp³-hybridized carbons (Fsp3) is 0.406. The average molecular weight is 516 g/mol. The third-order valence-electron chi connectivity index (χ3n) is 7.53. The Bertz CT molecular complexity index is 1140. The number of hydrogen-bond acceptors (Lipinski definition) is 5. The van der Waals surface area contributed by atoms with Gasteiger partial charge in [0.15, 0.2) is 0 Å². The van der Waals surface area contributed by atoms with Gasteiger partial charge in [0.05, 0.1) is 50.5 Å². The minimum atomic E-state index is -0.331. The summed E-state index contributed by atoms with van der Waals surface area (Å²) in [6, 6.07) is 30.0. The second-order valence-corrected chi connectivity index (χ2v) is 10.0. The molecule has 200 valence electrons. The Balaban J connectivity index is 1.38. The fourth-order valence-corrected chi connectivity index (χ4v) is 5.70. The van der Waals surface area contributed by atoms with E-state index in [0.717, 1.165) is 16.7 Å². The maximum absolute atomic E-state index is 13.5. The molecule has 2 saturated heterocycles. The SMILES string of the molecule is CCOC(C)[C@@H]1C(=O)N2[C@@H]1[C@H](OCc1ccccc1)[C@@H](OCc1ccccc1)[C@@H]2COCc1ccccc1.